The van der Waals surface area contributed by atoms with E-state index < -0.39 is 23.5 Å². The molecule has 0 bridgehead atoms. The Morgan fingerprint density at radius 3 is 2.54 bits per heavy atom. The predicted octanol–water partition coefficient (Wildman–Crippen LogP) is 5.18. The van der Waals surface area contributed by atoms with Crippen LogP contribution in [-0.2, 0) is 15.7 Å². The number of aliphatic imine (C=N–C) groups is 2. The van der Waals surface area contributed by atoms with Crippen molar-refractivity contribution in [3.63, 3.8) is 0 Å². The van der Waals surface area contributed by atoms with Crippen LogP contribution >= 0.6 is 0 Å². The largest absolute Gasteiger partial charge is 0.494 e. The number of ether oxygens (including phenoxy) is 2. The molecular formula is C19H14F4N2O3. The first-order chi connectivity index (χ1) is 13.3. The smallest absolute Gasteiger partial charge is 0.416 e. The van der Waals surface area contributed by atoms with E-state index in [0.29, 0.717) is 0 Å². The Labute approximate surface area is 157 Å². The molecule has 5 nitrogen and oxygen atoms in total. The van der Waals surface area contributed by atoms with E-state index >= 15 is 0 Å². The number of para-hydroxylation sites is 1. The molecule has 2 aromatic carbocycles. The number of carbonyl (C=O) groups is 1. The summed E-state index contributed by atoms with van der Waals surface area (Å²) in [5.74, 6) is -1.32. The molecule has 2 rings (SSSR count). The van der Waals surface area contributed by atoms with Gasteiger partial charge in [0.05, 0.1) is 19.8 Å². The second-order valence-corrected chi connectivity index (χ2v) is 5.24. The Hall–Kier alpha value is -3.45. The van der Waals surface area contributed by atoms with Crippen molar-refractivity contribution in [1.29, 1.82) is 0 Å². The number of hydrogen-bond donors (Lipinski definition) is 0. The maximum Gasteiger partial charge on any atom is 0.416 e. The van der Waals surface area contributed by atoms with Crippen LogP contribution in [-0.4, -0.2) is 26.2 Å². The van der Waals surface area contributed by atoms with Gasteiger partial charge in [-0.3, -0.25) is 0 Å². The number of carbonyl (C=O) groups excluding carboxylic acids is 1. The first-order valence-corrected chi connectivity index (χ1v) is 7.72. The van der Waals surface area contributed by atoms with Crippen LogP contribution in [0, 0.1) is 5.82 Å². The molecule has 0 N–H and O–H groups in total. The summed E-state index contributed by atoms with van der Waals surface area (Å²) in [6.07, 6.45) is -2.22. The van der Waals surface area contributed by atoms with Gasteiger partial charge < -0.3 is 9.47 Å². The minimum atomic E-state index is -4.56. The fraction of sp³-hybridized carbons (Fsp3) is 0.158. The van der Waals surface area contributed by atoms with Gasteiger partial charge in [0.15, 0.2) is 0 Å². The second kappa shape index (κ2) is 8.96. The van der Waals surface area contributed by atoms with E-state index in [9.17, 15) is 22.4 Å². The number of nitrogens with zero attached hydrogens (tertiary/aromatic N) is 2. The van der Waals surface area contributed by atoms with E-state index in [2.05, 4.69) is 20.7 Å². The van der Waals surface area contributed by atoms with Gasteiger partial charge in [-0.15, -0.1) is 0 Å². The topological polar surface area (TPSA) is 60.2 Å². The molecular weight excluding hydrogens is 380 g/mol. The fourth-order valence-corrected chi connectivity index (χ4v) is 2.09. The summed E-state index contributed by atoms with van der Waals surface area (Å²) >= 11 is 0. The molecule has 0 fully saturated rings. The quantitative estimate of drug-likeness (QED) is 0.304. The first-order valence-electron chi connectivity index (χ1n) is 7.72. The highest BCUT2D eigenvalue weighted by molar-refractivity contribution is 5.88. The van der Waals surface area contributed by atoms with Crippen molar-refractivity contribution < 1.29 is 31.8 Å². The lowest BCUT2D eigenvalue weighted by atomic mass is 10.1. The predicted molar refractivity (Wildman–Crippen MR) is 94.6 cm³/mol. The summed E-state index contributed by atoms with van der Waals surface area (Å²) in [7, 11) is 2.46. The van der Waals surface area contributed by atoms with E-state index in [-0.39, 0.29) is 22.7 Å². The molecule has 0 aliphatic rings. The van der Waals surface area contributed by atoms with Crippen molar-refractivity contribution in [2.24, 2.45) is 9.98 Å². The van der Waals surface area contributed by atoms with E-state index in [4.69, 9.17) is 4.74 Å². The lowest BCUT2D eigenvalue weighted by molar-refractivity contribution is -0.137. The van der Waals surface area contributed by atoms with Crippen molar-refractivity contribution >= 4 is 29.4 Å². The average molecular weight is 394 g/mol. The zero-order valence-corrected chi connectivity index (χ0v) is 14.7. The number of esters is 1. The highest BCUT2D eigenvalue weighted by Gasteiger charge is 2.31. The van der Waals surface area contributed by atoms with Crippen LogP contribution in [0.1, 0.15) is 11.1 Å². The van der Waals surface area contributed by atoms with E-state index in [1.54, 1.807) is 0 Å². The highest BCUT2D eigenvalue weighted by atomic mass is 19.4. The molecule has 0 aliphatic heterocycles. The number of rotatable bonds is 5. The van der Waals surface area contributed by atoms with E-state index in [1.165, 1.54) is 32.4 Å². The van der Waals surface area contributed by atoms with E-state index in [0.717, 1.165) is 30.3 Å². The third-order valence-corrected chi connectivity index (χ3v) is 3.46. The molecule has 0 unspecified atom stereocenters. The molecule has 9 heteroatoms. The Kier molecular flexibility index (Phi) is 6.68. The molecule has 2 aromatic rings. The van der Waals surface area contributed by atoms with Gasteiger partial charge in [-0.05, 0) is 30.3 Å². The molecule has 0 aromatic heterocycles. The Morgan fingerprint density at radius 2 is 1.89 bits per heavy atom. The SMILES string of the molecule is COC(=O)C=Cc1cccc(F)c1N=C=Nc1cc(C(F)(F)F)ccc1OC. The minimum absolute atomic E-state index is 0.0649. The van der Waals surface area contributed by atoms with Crippen LogP contribution in [0.15, 0.2) is 52.5 Å². The minimum Gasteiger partial charge on any atom is -0.494 e. The summed E-state index contributed by atoms with van der Waals surface area (Å²) in [5.41, 5.74) is -1.08. The molecule has 0 saturated carbocycles. The first kappa shape index (κ1) is 20.9. The summed E-state index contributed by atoms with van der Waals surface area (Å²) in [6, 6.07) is 8.90. The molecule has 0 atom stereocenters. The van der Waals surface area contributed by atoms with Gasteiger partial charge in [-0.1, -0.05) is 12.1 Å². The second-order valence-electron chi connectivity index (χ2n) is 5.24. The number of hydrogen-bond acceptors (Lipinski definition) is 5. The van der Waals surface area contributed by atoms with Gasteiger partial charge in [0.25, 0.3) is 0 Å². The van der Waals surface area contributed by atoms with Crippen molar-refractivity contribution in [3.05, 3.63) is 59.4 Å². The third-order valence-electron chi connectivity index (χ3n) is 3.46. The van der Waals surface area contributed by atoms with Gasteiger partial charge in [0.2, 0.25) is 0 Å². The third kappa shape index (κ3) is 5.28. The summed E-state index contributed by atoms with van der Waals surface area (Å²) < 4.78 is 62.0. The highest BCUT2D eigenvalue weighted by Crippen LogP contribution is 2.36. The number of alkyl halides is 3. The number of methoxy groups -OCH3 is 2. The number of benzene rings is 2. The van der Waals surface area contributed by atoms with Crippen molar-refractivity contribution in [2.45, 2.75) is 6.18 Å². The normalized spacial score (nSPS) is 11.1. The van der Waals surface area contributed by atoms with Crippen molar-refractivity contribution in [3.8, 4) is 5.75 Å². The van der Waals surface area contributed by atoms with Gasteiger partial charge in [0.1, 0.15) is 28.9 Å². The van der Waals surface area contributed by atoms with Gasteiger partial charge >= 0.3 is 12.1 Å². The maximum absolute atomic E-state index is 14.0. The molecule has 0 amide bonds. The lowest BCUT2D eigenvalue weighted by Crippen LogP contribution is -2.04. The standard InChI is InChI=1S/C19H14F4N2O3/c1-27-16-8-7-13(19(21,22)23)10-15(16)24-11-25-18-12(4-3-5-14(18)20)6-9-17(26)28-2/h3-10H,1-2H3. The van der Waals surface area contributed by atoms with Crippen LogP contribution in [0.2, 0.25) is 0 Å². The van der Waals surface area contributed by atoms with Crippen molar-refractivity contribution in [2.75, 3.05) is 14.2 Å². The Morgan fingerprint density at radius 1 is 1.14 bits per heavy atom. The molecule has 0 radical (unpaired) electrons. The van der Waals surface area contributed by atoms with Crippen LogP contribution < -0.4 is 4.74 Å². The monoisotopic (exact) mass is 394 g/mol. The molecule has 0 aliphatic carbocycles. The van der Waals surface area contributed by atoms with Crippen LogP contribution in [0.5, 0.6) is 5.75 Å². The zero-order chi connectivity index (χ0) is 20.7. The van der Waals surface area contributed by atoms with Crippen LogP contribution in [0.25, 0.3) is 6.08 Å². The lowest BCUT2D eigenvalue weighted by Gasteiger charge is -2.09. The average Bonchev–Trinajstić information content (AvgIpc) is 2.66. The van der Waals surface area contributed by atoms with E-state index in [1.807, 2.05) is 0 Å². The van der Waals surface area contributed by atoms with Gasteiger partial charge in [0, 0.05) is 11.6 Å². The van der Waals surface area contributed by atoms with Crippen LogP contribution in [0.4, 0.5) is 28.9 Å². The zero-order valence-electron chi connectivity index (χ0n) is 14.7. The maximum atomic E-state index is 14.0. The van der Waals surface area contributed by atoms with Gasteiger partial charge in [-0.2, -0.15) is 23.2 Å². The summed E-state index contributed by atoms with van der Waals surface area (Å²) in [5, 5.41) is 0. The molecule has 0 saturated heterocycles. The molecule has 0 spiro atoms. The molecule has 0 heterocycles. The Balaban J connectivity index is 2.45. The summed E-state index contributed by atoms with van der Waals surface area (Å²) in [6.45, 7) is 0. The van der Waals surface area contributed by atoms with Gasteiger partial charge in [-0.25, -0.2) is 9.18 Å². The molecule has 28 heavy (non-hydrogen) atoms. The Bertz CT molecular complexity index is 962. The number of halogens is 4. The van der Waals surface area contributed by atoms with Crippen molar-refractivity contribution in [1.82, 2.24) is 0 Å². The van der Waals surface area contributed by atoms with Crippen LogP contribution in [0.3, 0.4) is 0 Å². The fourth-order valence-electron chi connectivity index (χ4n) is 2.09. The summed E-state index contributed by atoms with van der Waals surface area (Å²) in [4.78, 5) is 18.6. The molecule has 146 valence electrons.